The number of sulfonamides is 1. The molecule has 1 heterocycles. The summed E-state index contributed by atoms with van der Waals surface area (Å²) in [4.78, 5) is 12.7. The van der Waals surface area contributed by atoms with Crippen LogP contribution in [0.4, 0.5) is 10.8 Å². The minimum atomic E-state index is -3.66. The molecule has 1 amide bonds. The third-order valence-corrected chi connectivity index (χ3v) is 6.68. The van der Waals surface area contributed by atoms with Gasteiger partial charge in [0.25, 0.3) is 0 Å². The van der Waals surface area contributed by atoms with Gasteiger partial charge in [-0.3, -0.25) is 14.4 Å². The molecule has 2 rings (SSSR count). The second-order valence-electron chi connectivity index (χ2n) is 5.82. The number of amides is 1. The Kier molecular flexibility index (Phi) is 6.64. The first-order chi connectivity index (χ1) is 12.1. The predicted molar refractivity (Wildman–Crippen MR) is 108 cm³/mol. The van der Waals surface area contributed by atoms with E-state index in [1.165, 1.54) is 23.1 Å². The smallest absolute Gasteiger partial charge is 0.249 e. The number of carbonyl (C=O) groups is 1. The molecule has 1 aromatic carbocycles. The van der Waals surface area contributed by atoms with Crippen LogP contribution in [0.5, 0.6) is 0 Å². The molecule has 1 unspecified atom stereocenters. The lowest BCUT2D eigenvalue weighted by Gasteiger charge is -2.29. The first-order valence-corrected chi connectivity index (χ1v) is 11.6. The van der Waals surface area contributed by atoms with Gasteiger partial charge in [0.2, 0.25) is 21.1 Å². The van der Waals surface area contributed by atoms with Gasteiger partial charge in [0.15, 0.2) is 4.34 Å². The van der Waals surface area contributed by atoms with Crippen molar-refractivity contribution in [1.82, 2.24) is 10.2 Å². The van der Waals surface area contributed by atoms with Crippen molar-refractivity contribution in [3.05, 3.63) is 29.3 Å². The number of rotatable bonds is 7. The van der Waals surface area contributed by atoms with Gasteiger partial charge < -0.3 is 0 Å². The van der Waals surface area contributed by atoms with Crippen molar-refractivity contribution < 1.29 is 13.2 Å². The highest BCUT2D eigenvalue weighted by Crippen LogP contribution is 2.28. The molecule has 0 aliphatic carbocycles. The number of hydrogen-bond acceptors (Lipinski definition) is 7. The molecule has 26 heavy (non-hydrogen) atoms. The van der Waals surface area contributed by atoms with Crippen LogP contribution >= 0.6 is 23.1 Å². The second-order valence-corrected chi connectivity index (χ2v) is 10.2. The number of anilines is 2. The van der Waals surface area contributed by atoms with E-state index in [0.29, 0.717) is 10.8 Å². The second kappa shape index (κ2) is 8.36. The molecular formula is C16H22N4O3S3. The molecule has 142 valence electrons. The fourth-order valence-electron chi connectivity index (χ4n) is 2.39. The van der Waals surface area contributed by atoms with E-state index in [4.69, 9.17) is 0 Å². The highest BCUT2D eigenvalue weighted by Gasteiger charge is 2.30. The number of aryl methyl sites for hydroxylation is 2. The lowest BCUT2D eigenvalue weighted by molar-refractivity contribution is -0.116. The fraction of sp³-hybridized carbons (Fsp3) is 0.438. The molecule has 0 radical (unpaired) electrons. The minimum absolute atomic E-state index is 0.354. The topological polar surface area (TPSA) is 92.3 Å². The van der Waals surface area contributed by atoms with Crippen molar-refractivity contribution in [3.63, 3.8) is 0 Å². The summed E-state index contributed by atoms with van der Waals surface area (Å²) < 4.78 is 26.7. The number of nitrogens with zero attached hydrogens (tertiary/aromatic N) is 3. The summed E-state index contributed by atoms with van der Waals surface area (Å²) in [5.74, 6) is 0.397. The number of thioether (sulfide) groups is 1. The number of nitrogens with one attached hydrogen (secondary N) is 1. The van der Waals surface area contributed by atoms with Crippen LogP contribution in [0, 0.1) is 13.8 Å². The van der Waals surface area contributed by atoms with Gasteiger partial charge in [-0.1, -0.05) is 42.2 Å². The van der Waals surface area contributed by atoms with E-state index in [-0.39, 0.29) is 0 Å². The average Bonchev–Trinajstić information content (AvgIpc) is 2.97. The first kappa shape index (κ1) is 20.7. The van der Waals surface area contributed by atoms with E-state index in [9.17, 15) is 13.2 Å². The molecule has 0 saturated carbocycles. The Labute approximate surface area is 162 Å². The van der Waals surface area contributed by atoms with E-state index in [1.54, 1.807) is 13.0 Å². The third-order valence-electron chi connectivity index (χ3n) is 3.59. The molecule has 0 aliphatic rings. The van der Waals surface area contributed by atoms with Crippen molar-refractivity contribution in [2.45, 2.75) is 38.1 Å². The van der Waals surface area contributed by atoms with Crippen molar-refractivity contribution in [2.24, 2.45) is 0 Å². The van der Waals surface area contributed by atoms with Crippen LogP contribution in [0.3, 0.4) is 0 Å². The van der Waals surface area contributed by atoms with Crippen molar-refractivity contribution in [3.8, 4) is 0 Å². The van der Waals surface area contributed by atoms with Gasteiger partial charge in [-0.2, -0.15) is 0 Å². The molecule has 0 saturated heterocycles. The van der Waals surface area contributed by atoms with Crippen LogP contribution in [-0.2, 0) is 14.8 Å². The third kappa shape index (κ3) is 4.95. The molecule has 0 fully saturated rings. The maximum Gasteiger partial charge on any atom is 0.249 e. The average molecular weight is 415 g/mol. The summed E-state index contributed by atoms with van der Waals surface area (Å²) in [5.41, 5.74) is 2.19. The predicted octanol–water partition coefficient (Wildman–Crippen LogP) is 3.06. The summed E-state index contributed by atoms with van der Waals surface area (Å²) in [6, 6.07) is 4.57. The molecule has 10 heteroatoms. The Morgan fingerprint density at radius 2 is 2.04 bits per heavy atom. The van der Waals surface area contributed by atoms with Gasteiger partial charge in [0, 0.05) is 0 Å². The number of carbonyl (C=O) groups excluding carboxylic acids is 1. The van der Waals surface area contributed by atoms with Gasteiger partial charge in [-0.25, -0.2) is 8.42 Å². The monoisotopic (exact) mass is 414 g/mol. The largest absolute Gasteiger partial charge is 0.299 e. The Hall–Kier alpha value is -1.65. The summed E-state index contributed by atoms with van der Waals surface area (Å²) in [6.45, 7) is 7.25. The van der Waals surface area contributed by atoms with Crippen LogP contribution in [-0.4, -0.2) is 42.6 Å². The molecule has 0 aliphatic heterocycles. The van der Waals surface area contributed by atoms with E-state index >= 15 is 0 Å². The van der Waals surface area contributed by atoms with Crippen LogP contribution in [0.25, 0.3) is 0 Å². The molecule has 1 N–H and O–H groups in total. The van der Waals surface area contributed by atoms with Crippen molar-refractivity contribution in [2.75, 3.05) is 21.6 Å². The zero-order valence-corrected chi connectivity index (χ0v) is 17.8. The Balaban J connectivity index is 2.30. The summed E-state index contributed by atoms with van der Waals surface area (Å²) in [6.07, 6.45) is 1.10. The maximum absolute atomic E-state index is 12.7. The molecule has 0 bridgehead atoms. The number of benzene rings is 1. The fourth-order valence-corrected chi connectivity index (χ4v) is 5.27. The van der Waals surface area contributed by atoms with Crippen LogP contribution < -0.4 is 9.62 Å². The van der Waals surface area contributed by atoms with Gasteiger partial charge in [0.05, 0.1) is 11.9 Å². The van der Waals surface area contributed by atoms with Crippen LogP contribution in [0.2, 0.25) is 0 Å². The van der Waals surface area contributed by atoms with Crippen LogP contribution in [0.15, 0.2) is 22.5 Å². The molecule has 1 atom stereocenters. The van der Waals surface area contributed by atoms with Crippen molar-refractivity contribution >= 4 is 49.8 Å². The summed E-state index contributed by atoms with van der Waals surface area (Å²) in [7, 11) is -3.66. The van der Waals surface area contributed by atoms with Gasteiger partial charge in [-0.05, 0) is 43.7 Å². The molecule has 2 aromatic rings. The van der Waals surface area contributed by atoms with E-state index in [0.717, 1.165) is 31.8 Å². The first-order valence-electron chi connectivity index (χ1n) is 7.97. The maximum atomic E-state index is 12.7. The molecule has 1 aromatic heterocycles. The highest BCUT2D eigenvalue weighted by molar-refractivity contribution is 8.01. The molecular weight excluding hydrogens is 392 g/mol. The summed E-state index contributed by atoms with van der Waals surface area (Å²) >= 11 is 2.79. The van der Waals surface area contributed by atoms with Gasteiger partial charge in [0.1, 0.15) is 6.04 Å². The normalized spacial score (nSPS) is 12.7. The van der Waals surface area contributed by atoms with Crippen LogP contribution in [0.1, 0.15) is 25.0 Å². The molecule has 0 spiro atoms. The van der Waals surface area contributed by atoms with E-state index in [2.05, 4.69) is 15.5 Å². The number of hydrogen-bond donors (Lipinski definition) is 1. The Morgan fingerprint density at radius 1 is 1.35 bits per heavy atom. The lowest BCUT2D eigenvalue weighted by Crippen LogP contribution is -2.45. The zero-order valence-electron chi connectivity index (χ0n) is 15.3. The highest BCUT2D eigenvalue weighted by atomic mass is 32.2. The minimum Gasteiger partial charge on any atom is -0.299 e. The van der Waals surface area contributed by atoms with Gasteiger partial charge >= 0.3 is 0 Å². The number of aromatic nitrogens is 2. The quantitative estimate of drug-likeness (QED) is 0.553. The standard InChI is InChI=1S/C16H22N4O3S3/c1-6-24-16-19-18-15(25-16)17-14(21)12(4)20(26(5,22)23)13-9-10(2)7-8-11(13)3/h7-9,12H,6H2,1-5H3,(H,17,18,21). The van der Waals surface area contributed by atoms with E-state index < -0.39 is 22.0 Å². The zero-order chi connectivity index (χ0) is 19.5. The SMILES string of the molecule is CCSc1nnc(NC(=O)C(C)N(c2cc(C)ccc2C)S(C)(=O)=O)s1. The molecule has 7 nitrogen and oxygen atoms in total. The van der Waals surface area contributed by atoms with Gasteiger partial charge in [-0.15, -0.1) is 10.2 Å². The van der Waals surface area contributed by atoms with E-state index in [1.807, 2.05) is 32.9 Å². The summed E-state index contributed by atoms with van der Waals surface area (Å²) in [5, 5.41) is 10.9. The lowest BCUT2D eigenvalue weighted by atomic mass is 10.1. The Bertz CT molecular complexity index is 896. The van der Waals surface area contributed by atoms with Crippen molar-refractivity contribution in [1.29, 1.82) is 0 Å². The Morgan fingerprint density at radius 3 is 2.65 bits per heavy atom.